The highest BCUT2D eigenvalue weighted by Gasteiger charge is 2.22. The number of nitrogens with zero attached hydrogens (tertiary/aromatic N) is 3. The largest absolute Gasteiger partial charge is 0.480 e. The van der Waals surface area contributed by atoms with Gasteiger partial charge >= 0.3 is 12.1 Å². The average molecular weight is 628 g/mol. The number of amides is 3. The summed E-state index contributed by atoms with van der Waals surface area (Å²) in [5, 5.41) is 20.2. The van der Waals surface area contributed by atoms with Crippen molar-refractivity contribution in [3.05, 3.63) is 52.1 Å². The lowest BCUT2D eigenvalue weighted by atomic mass is 10.1. The van der Waals surface area contributed by atoms with Crippen molar-refractivity contribution in [1.82, 2.24) is 35.9 Å². The third-order valence-electron chi connectivity index (χ3n) is 5.85. The van der Waals surface area contributed by atoms with Gasteiger partial charge in [0.2, 0.25) is 11.9 Å². The molecule has 0 bridgehead atoms. The van der Waals surface area contributed by atoms with Gasteiger partial charge in [0.25, 0.3) is 11.5 Å². The highest BCUT2D eigenvalue weighted by atomic mass is 16.6. The summed E-state index contributed by atoms with van der Waals surface area (Å²) in [6.45, 7) is 6.32. The van der Waals surface area contributed by atoms with E-state index in [0.29, 0.717) is 11.4 Å². The number of hydrogen-bond acceptors (Lipinski definition) is 12. The SMILES string of the molecule is CC(C)(C)OC(=O)NCCOCCNC(=O)CCC(NC(=O)c1ccc(NCc2cnc3nc(N)[nH]c(=O)c3n2)cc1)C(=O)O. The normalized spacial score (nSPS) is 11.8. The Balaban J connectivity index is 1.37. The van der Waals surface area contributed by atoms with Crippen LogP contribution < -0.4 is 32.6 Å². The Hall–Kier alpha value is -5.32. The van der Waals surface area contributed by atoms with E-state index >= 15 is 0 Å². The van der Waals surface area contributed by atoms with Gasteiger partial charge in [0, 0.05) is 30.8 Å². The Morgan fingerprint density at radius 1 is 1.04 bits per heavy atom. The van der Waals surface area contributed by atoms with Gasteiger partial charge in [0.15, 0.2) is 11.2 Å². The molecule has 0 aliphatic rings. The number of fused-ring (bicyclic) bond motifs is 1. The van der Waals surface area contributed by atoms with Crippen molar-refractivity contribution >= 4 is 46.7 Å². The van der Waals surface area contributed by atoms with E-state index < -0.39 is 41.1 Å². The van der Waals surface area contributed by atoms with Crippen LogP contribution in [0.25, 0.3) is 11.2 Å². The summed E-state index contributed by atoms with van der Waals surface area (Å²) in [7, 11) is 0. The number of hydrogen-bond donors (Lipinski definition) is 7. The maximum Gasteiger partial charge on any atom is 0.407 e. The van der Waals surface area contributed by atoms with Gasteiger partial charge in [-0.25, -0.2) is 19.6 Å². The minimum Gasteiger partial charge on any atom is -0.480 e. The summed E-state index contributed by atoms with van der Waals surface area (Å²) in [6, 6.07) is 4.98. The summed E-state index contributed by atoms with van der Waals surface area (Å²) >= 11 is 0. The lowest BCUT2D eigenvalue weighted by Crippen LogP contribution is -2.41. The fourth-order valence-corrected chi connectivity index (χ4v) is 3.76. The molecule has 1 atom stereocenters. The molecule has 242 valence electrons. The zero-order chi connectivity index (χ0) is 33.0. The van der Waals surface area contributed by atoms with E-state index in [1.165, 1.54) is 18.3 Å². The third-order valence-corrected chi connectivity index (χ3v) is 5.85. The number of rotatable bonds is 15. The molecule has 8 N–H and O–H groups in total. The van der Waals surface area contributed by atoms with Crippen LogP contribution in [-0.4, -0.2) is 86.9 Å². The number of carbonyl (C=O) groups excluding carboxylic acids is 3. The van der Waals surface area contributed by atoms with Crippen LogP contribution in [0.4, 0.5) is 16.4 Å². The molecule has 0 radical (unpaired) electrons. The molecule has 17 heteroatoms. The van der Waals surface area contributed by atoms with Gasteiger partial charge in [-0.15, -0.1) is 0 Å². The highest BCUT2D eigenvalue weighted by Crippen LogP contribution is 2.12. The Bertz CT molecular complexity index is 1550. The number of carboxylic acids is 1. The maximum atomic E-state index is 12.7. The van der Waals surface area contributed by atoms with Crippen LogP contribution in [-0.2, 0) is 25.6 Å². The van der Waals surface area contributed by atoms with E-state index in [1.54, 1.807) is 32.9 Å². The van der Waals surface area contributed by atoms with Gasteiger partial charge in [-0.3, -0.25) is 19.4 Å². The molecule has 2 heterocycles. The molecule has 0 saturated heterocycles. The molecule has 2 aromatic heterocycles. The molecule has 0 fully saturated rings. The number of nitrogens with one attached hydrogen (secondary N) is 5. The molecule has 3 amide bonds. The predicted molar refractivity (Wildman–Crippen MR) is 162 cm³/mol. The number of alkyl carbamates (subject to hydrolysis) is 1. The standard InChI is InChI=1S/C28H37N9O8/c1-28(2,3)45-27(43)31-11-13-44-12-10-30-20(38)9-8-19(25(41)42)35-23(39)16-4-6-17(7-5-16)32-14-18-15-33-22-21(34-18)24(40)37-26(29)36-22/h4-7,15,19,32H,8-14H2,1-3H3,(H,30,38)(H,31,43)(H,35,39)(H,41,42)(H3,29,33,36,37,40). The minimum atomic E-state index is -1.28. The predicted octanol–water partition coefficient (Wildman–Crippen LogP) is 0.528. The van der Waals surface area contributed by atoms with Crippen LogP contribution in [0.3, 0.4) is 0 Å². The van der Waals surface area contributed by atoms with Crippen molar-refractivity contribution in [2.75, 3.05) is 37.4 Å². The Kier molecular flexibility index (Phi) is 12.1. The van der Waals surface area contributed by atoms with E-state index in [-0.39, 0.29) is 68.4 Å². The highest BCUT2D eigenvalue weighted by molar-refractivity contribution is 5.97. The van der Waals surface area contributed by atoms with Gasteiger partial charge in [-0.2, -0.15) is 4.98 Å². The maximum absolute atomic E-state index is 12.7. The number of anilines is 2. The number of carbonyl (C=O) groups is 4. The van der Waals surface area contributed by atoms with Crippen LogP contribution >= 0.6 is 0 Å². The molecule has 45 heavy (non-hydrogen) atoms. The molecule has 0 aliphatic carbocycles. The fourth-order valence-electron chi connectivity index (χ4n) is 3.76. The first-order chi connectivity index (χ1) is 21.3. The van der Waals surface area contributed by atoms with E-state index in [2.05, 4.69) is 41.2 Å². The second kappa shape index (κ2) is 15.9. The molecular formula is C28H37N9O8. The summed E-state index contributed by atoms with van der Waals surface area (Å²) < 4.78 is 10.4. The van der Waals surface area contributed by atoms with Crippen LogP contribution in [0.2, 0.25) is 0 Å². The second-order valence-electron chi connectivity index (χ2n) is 10.7. The molecule has 0 saturated carbocycles. The van der Waals surface area contributed by atoms with Gasteiger partial charge in [0.05, 0.1) is 31.6 Å². The number of aromatic amines is 1. The van der Waals surface area contributed by atoms with Crippen molar-refractivity contribution in [3.63, 3.8) is 0 Å². The van der Waals surface area contributed by atoms with Crippen LogP contribution in [0.1, 0.15) is 49.7 Å². The molecule has 3 aromatic rings. The summed E-state index contributed by atoms with van der Waals surface area (Å²) in [5.74, 6) is -2.35. The van der Waals surface area contributed by atoms with Gasteiger partial charge < -0.3 is 41.6 Å². The van der Waals surface area contributed by atoms with Gasteiger partial charge in [-0.1, -0.05) is 0 Å². The Morgan fingerprint density at radius 3 is 2.40 bits per heavy atom. The summed E-state index contributed by atoms with van der Waals surface area (Å²) in [6.07, 6.45) is 0.652. The summed E-state index contributed by atoms with van der Waals surface area (Å²) in [5.41, 5.74) is 5.91. The molecule has 1 aromatic carbocycles. The zero-order valence-corrected chi connectivity index (χ0v) is 25.1. The number of nitrogen functional groups attached to an aromatic ring is 1. The topological polar surface area (TPSA) is 253 Å². The quantitative estimate of drug-likeness (QED) is 0.114. The number of aromatic nitrogens is 4. The number of H-pyrrole nitrogens is 1. The summed E-state index contributed by atoms with van der Waals surface area (Å²) in [4.78, 5) is 74.7. The number of aliphatic carboxylic acids is 1. The fraction of sp³-hybridized carbons (Fsp3) is 0.429. The van der Waals surface area contributed by atoms with Gasteiger partial charge in [0.1, 0.15) is 11.6 Å². The van der Waals surface area contributed by atoms with E-state index in [1.807, 2.05) is 0 Å². The zero-order valence-electron chi connectivity index (χ0n) is 25.1. The van der Waals surface area contributed by atoms with E-state index in [0.717, 1.165) is 0 Å². The lowest BCUT2D eigenvalue weighted by molar-refractivity contribution is -0.139. The molecule has 17 nitrogen and oxygen atoms in total. The molecule has 1 unspecified atom stereocenters. The van der Waals surface area contributed by atoms with Crippen molar-refractivity contribution in [2.24, 2.45) is 0 Å². The minimum absolute atomic E-state index is 0.0524. The number of nitrogens with two attached hydrogens (primary N) is 1. The number of benzene rings is 1. The molecule has 3 rings (SSSR count). The first-order valence-corrected chi connectivity index (χ1v) is 14.0. The third kappa shape index (κ3) is 11.7. The van der Waals surface area contributed by atoms with Crippen molar-refractivity contribution in [3.8, 4) is 0 Å². The van der Waals surface area contributed by atoms with Gasteiger partial charge in [-0.05, 0) is 51.5 Å². The second-order valence-corrected chi connectivity index (χ2v) is 10.7. The van der Waals surface area contributed by atoms with Crippen LogP contribution in [0.15, 0.2) is 35.3 Å². The van der Waals surface area contributed by atoms with Crippen molar-refractivity contribution in [1.29, 1.82) is 0 Å². The molecular weight excluding hydrogens is 590 g/mol. The van der Waals surface area contributed by atoms with Crippen molar-refractivity contribution < 1.29 is 33.8 Å². The monoisotopic (exact) mass is 627 g/mol. The van der Waals surface area contributed by atoms with E-state index in [4.69, 9.17) is 15.2 Å². The molecule has 0 aliphatic heterocycles. The average Bonchev–Trinajstić information content (AvgIpc) is 2.96. The number of ether oxygens (including phenoxy) is 2. The van der Waals surface area contributed by atoms with E-state index in [9.17, 15) is 29.1 Å². The number of carboxylic acid groups (broad SMARTS) is 1. The lowest BCUT2D eigenvalue weighted by Gasteiger charge is -2.19. The Morgan fingerprint density at radius 2 is 1.73 bits per heavy atom. The van der Waals surface area contributed by atoms with Crippen molar-refractivity contribution in [2.45, 2.75) is 51.8 Å². The Labute approximate surface area is 257 Å². The van der Waals surface area contributed by atoms with Crippen LogP contribution in [0.5, 0.6) is 0 Å². The molecule has 0 spiro atoms. The first-order valence-electron chi connectivity index (χ1n) is 14.0. The van der Waals surface area contributed by atoms with Crippen LogP contribution in [0, 0.1) is 0 Å². The first kappa shape index (κ1) is 34.2. The smallest absolute Gasteiger partial charge is 0.407 e.